The number of hydrogen-bond acceptors (Lipinski definition) is 3. The largest absolute Gasteiger partial charge is 0.396 e. The number of hydrogen-bond donors (Lipinski definition) is 1. The highest BCUT2D eigenvalue weighted by atomic mass is 35.5. The van der Waals surface area contributed by atoms with Crippen molar-refractivity contribution in [3.8, 4) is 0 Å². The number of aromatic nitrogens is 3. The van der Waals surface area contributed by atoms with Crippen molar-refractivity contribution < 1.29 is 5.11 Å². The van der Waals surface area contributed by atoms with Gasteiger partial charge in [-0.05, 0) is 54.0 Å². The summed E-state index contributed by atoms with van der Waals surface area (Å²) in [5.41, 5.74) is 2.90. The van der Waals surface area contributed by atoms with Crippen LogP contribution < -0.4 is 11.2 Å². The Morgan fingerprint density at radius 3 is 2.18 bits per heavy atom. The van der Waals surface area contributed by atoms with Gasteiger partial charge in [-0.3, -0.25) is 13.9 Å². The van der Waals surface area contributed by atoms with Crippen molar-refractivity contribution in [2.45, 2.75) is 19.5 Å². The Morgan fingerprint density at radius 1 is 0.909 bits per heavy atom. The summed E-state index contributed by atoms with van der Waals surface area (Å²) < 4.78 is 4.57. The maximum atomic E-state index is 13.4. The molecular weight excluding hydrogens is 461 g/mol. The maximum absolute atomic E-state index is 13.4. The van der Waals surface area contributed by atoms with Crippen molar-refractivity contribution in [3.63, 3.8) is 0 Å². The van der Waals surface area contributed by atoms with Crippen LogP contribution in [-0.2, 0) is 20.1 Å². The Labute approximate surface area is 200 Å². The van der Waals surface area contributed by atoms with Crippen molar-refractivity contribution in [2.24, 2.45) is 7.05 Å². The summed E-state index contributed by atoms with van der Waals surface area (Å²) in [6, 6.07) is 16.7. The van der Waals surface area contributed by atoms with Crippen LogP contribution in [0.15, 0.2) is 64.2 Å². The van der Waals surface area contributed by atoms with Gasteiger partial charge in [0, 0.05) is 42.5 Å². The third-order valence-electron chi connectivity index (χ3n) is 5.55. The average molecular weight is 484 g/mol. The summed E-state index contributed by atoms with van der Waals surface area (Å²) in [5.74, 6) is 0. The lowest BCUT2D eigenvalue weighted by atomic mass is 10.2. The van der Waals surface area contributed by atoms with Gasteiger partial charge in [-0.1, -0.05) is 53.5 Å². The Kier molecular flexibility index (Phi) is 6.88. The fourth-order valence-corrected chi connectivity index (χ4v) is 4.05. The van der Waals surface area contributed by atoms with Gasteiger partial charge in [-0.15, -0.1) is 0 Å². The highest BCUT2D eigenvalue weighted by Gasteiger charge is 2.18. The molecule has 0 fully saturated rings. The molecule has 0 amide bonds. The number of nitrogens with zero attached hydrogens (tertiary/aromatic N) is 3. The molecule has 6 nitrogen and oxygen atoms in total. The number of aryl methyl sites for hydroxylation is 1. The van der Waals surface area contributed by atoms with Gasteiger partial charge in [0.1, 0.15) is 5.52 Å². The molecule has 170 valence electrons. The monoisotopic (exact) mass is 483 g/mol. The summed E-state index contributed by atoms with van der Waals surface area (Å²) >= 11 is 12.0. The van der Waals surface area contributed by atoms with Gasteiger partial charge >= 0.3 is 5.69 Å². The van der Waals surface area contributed by atoms with Gasteiger partial charge in [-0.2, -0.15) is 0 Å². The first kappa shape index (κ1) is 23.1. The summed E-state index contributed by atoms with van der Waals surface area (Å²) in [5, 5.41) is 10.5. The second kappa shape index (κ2) is 9.83. The molecule has 0 aliphatic heterocycles. The quantitative estimate of drug-likeness (QED) is 0.423. The van der Waals surface area contributed by atoms with E-state index in [2.05, 4.69) is 0 Å². The van der Waals surface area contributed by atoms with Gasteiger partial charge in [0.2, 0.25) is 0 Å². The number of fused-ring (bicyclic) bond motifs is 1. The van der Waals surface area contributed by atoms with Crippen LogP contribution in [0.2, 0.25) is 10.0 Å². The molecule has 0 aliphatic rings. The van der Waals surface area contributed by atoms with Crippen molar-refractivity contribution in [3.05, 3.63) is 102 Å². The minimum Gasteiger partial charge on any atom is -0.396 e. The van der Waals surface area contributed by atoms with Crippen LogP contribution in [0.4, 0.5) is 0 Å². The molecule has 2 heterocycles. The van der Waals surface area contributed by atoms with E-state index in [4.69, 9.17) is 23.2 Å². The SMILES string of the molecule is Cn1c(=O)n(CCCO)c(=O)c2c1cc(/C=C/c1ccc(Cl)cc1)n2Cc1ccc(Cl)cc1. The molecule has 4 rings (SSSR count). The first-order valence-electron chi connectivity index (χ1n) is 10.5. The molecule has 0 atom stereocenters. The fraction of sp³-hybridized carbons (Fsp3) is 0.200. The topological polar surface area (TPSA) is 69.2 Å². The molecule has 2 aromatic carbocycles. The third-order valence-corrected chi connectivity index (χ3v) is 6.05. The maximum Gasteiger partial charge on any atom is 0.331 e. The lowest BCUT2D eigenvalue weighted by molar-refractivity contribution is 0.277. The zero-order valence-electron chi connectivity index (χ0n) is 18.0. The van der Waals surface area contributed by atoms with E-state index >= 15 is 0 Å². The molecule has 0 saturated heterocycles. The smallest absolute Gasteiger partial charge is 0.331 e. The van der Waals surface area contributed by atoms with Gasteiger partial charge in [0.25, 0.3) is 5.56 Å². The lowest BCUT2D eigenvalue weighted by Gasteiger charge is -2.12. The number of aliphatic hydroxyl groups excluding tert-OH is 1. The van der Waals surface area contributed by atoms with E-state index in [1.54, 1.807) is 19.2 Å². The molecule has 0 saturated carbocycles. The van der Waals surface area contributed by atoms with Crippen LogP contribution in [-0.4, -0.2) is 25.4 Å². The number of aliphatic hydroxyl groups is 1. The molecule has 33 heavy (non-hydrogen) atoms. The molecule has 1 N–H and O–H groups in total. The zero-order valence-corrected chi connectivity index (χ0v) is 19.6. The van der Waals surface area contributed by atoms with E-state index in [1.165, 1.54) is 9.13 Å². The Bertz CT molecular complexity index is 1430. The molecule has 0 bridgehead atoms. The molecule has 0 unspecified atom stereocenters. The van der Waals surface area contributed by atoms with Crippen molar-refractivity contribution in [1.29, 1.82) is 0 Å². The molecule has 0 spiro atoms. The van der Waals surface area contributed by atoms with E-state index in [0.717, 1.165) is 16.8 Å². The molecule has 0 aliphatic carbocycles. The number of halogens is 2. The lowest BCUT2D eigenvalue weighted by Crippen LogP contribution is -2.39. The minimum atomic E-state index is -0.405. The standard InChI is InChI=1S/C25H23Cl2N3O3/c1-28-22-15-21(12-7-17-3-8-19(26)9-4-17)30(16-18-5-10-20(27)11-6-18)23(22)24(32)29(25(28)33)13-2-14-31/h3-12,15,31H,2,13-14,16H2,1H3/b12-7+. The second-order valence-corrected chi connectivity index (χ2v) is 8.65. The van der Waals surface area contributed by atoms with E-state index in [0.29, 0.717) is 34.0 Å². The predicted molar refractivity (Wildman–Crippen MR) is 134 cm³/mol. The molecular formula is C25H23Cl2N3O3. The summed E-state index contributed by atoms with van der Waals surface area (Å²) in [6.07, 6.45) is 4.17. The minimum absolute atomic E-state index is 0.103. The van der Waals surface area contributed by atoms with Crippen LogP contribution in [0.1, 0.15) is 23.2 Å². The van der Waals surface area contributed by atoms with Crippen LogP contribution >= 0.6 is 23.2 Å². The first-order chi connectivity index (χ1) is 15.9. The van der Waals surface area contributed by atoms with E-state index in [-0.39, 0.29) is 18.7 Å². The number of benzene rings is 2. The van der Waals surface area contributed by atoms with Gasteiger partial charge in [0.05, 0.1) is 5.52 Å². The van der Waals surface area contributed by atoms with Gasteiger partial charge < -0.3 is 9.67 Å². The van der Waals surface area contributed by atoms with E-state index < -0.39 is 5.69 Å². The van der Waals surface area contributed by atoms with Gasteiger partial charge in [0.15, 0.2) is 0 Å². The first-order valence-corrected chi connectivity index (χ1v) is 11.3. The Morgan fingerprint density at radius 2 is 1.55 bits per heavy atom. The summed E-state index contributed by atoms with van der Waals surface area (Å²) in [4.78, 5) is 26.2. The van der Waals surface area contributed by atoms with E-state index in [1.807, 2.05) is 59.2 Å². The molecule has 8 heteroatoms. The molecule has 4 aromatic rings. The van der Waals surface area contributed by atoms with Crippen molar-refractivity contribution in [2.75, 3.05) is 6.61 Å². The zero-order chi connectivity index (χ0) is 23.5. The van der Waals surface area contributed by atoms with Crippen LogP contribution in [0.3, 0.4) is 0 Å². The fourth-order valence-electron chi connectivity index (χ4n) is 3.80. The number of rotatable bonds is 7. The van der Waals surface area contributed by atoms with Crippen molar-refractivity contribution in [1.82, 2.24) is 13.7 Å². The van der Waals surface area contributed by atoms with E-state index in [9.17, 15) is 14.7 Å². The summed E-state index contributed by atoms with van der Waals surface area (Å²) in [6.45, 7) is 0.475. The molecule has 0 radical (unpaired) electrons. The Hall–Kier alpha value is -3.06. The highest BCUT2D eigenvalue weighted by Crippen LogP contribution is 2.21. The normalized spacial score (nSPS) is 11.6. The second-order valence-electron chi connectivity index (χ2n) is 7.78. The van der Waals surface area contributed by atoms with Crippen LogP contribution in [0.5, 0.6) is 0 Å². The van der Waals surface area contributed by atoms with Crippen LogP contribution in [0, 0.1) is 0 Å². The highest BCUT2D eigenvalue weighted by molar-refractivity contribution is 6.30. The third kappa shape index (κ3) is 4.83. The predicted octanol–water partition coefficient (Wildman–Crippen LogP) is 4.41. The van der Waals surface area contributed by atoms with Crippen molar-refractivity contribution >= 4 is 46.4 Å². The molecule has 2 aromatic heterocycles. The van der Waals surface area contributed by atoms with Gasteiger partial charge in [-0.25, -0.2) is 4.79 Å². The summed E-state index contributed by atoms with van der Waals surface area (Å²) in [7, 11) is 1.65. The van der Waals surface area contributed by atoms with Crippen LogP contribution in [0.25, 0.3) is 23.2 Å². The Balaban J connectivity index is 1.91. The average Bonchev–Trinajstić information content (AvgIpc) is 3.17.